The lowest BCUT2D eigenvalue weighted by Crippen LogP contribution is -1.76. The fourth-order valence-corrected chi connectivity index (χ4v) is 2.66. The highest BCUT2D eigenvalue weighted by atomic mass is 79.9. The second kappa shape index (κ2) is 4.04. The number of hydrogen-bond acceptors (Lipinski definition) is 1. The van der Waals surface area contributed by atoms with Crippen molar-refractivity contribution in [2.45, 2.75) is 6.92 Å². The molecule has 2 aromatic carbocycles. The monoisotopic (exact) mass is 286 g/mol. The predicted octanol–water partition coefficient (Wildman–Crippen LogP) is 5.17. The van der Waals surface area contributed by atoms with E-state index in [9.17, 15) is 0 Å². The van der Waals surface area contributed by atoms with Crippen LogP contribution in [0.15, 0.2) is 57.6 Å². The summed E-state index contributed by atoms with van der Waals surface area (Å²) >= 11 is 3.50. The number of rotatable bonds is 1. The molecular weight excluding hydrogens is 276 g/mol. The van der Waals surface area contributed by atoms with Gasteiger partial charge in [-0.05, 0) is 40.0 Å². The summed E-state index contributed by atoms with van der Waals surface area (Å²) in [7, 11) is 0. The van der Waals surface area contributed by atoms with Crippen molar-refractivity contribution in [3.8, 4) is 11.1 Å². The lowest BCUT2D eigenvalue weighted by Gasteiger charge is -1.99. The van der Waals surface area contributed by atoms with Gasteiger partial charge in [0.25, 0.3) is 0 Å². The molecule has 0 atom stereocenters. The summed E-state index contributed by atoms with van der Waals surface area (Å²) in [5, 5.41) is 1.15. The molecule has 2 heteroatoms. The quantitative estimate of drug-likeness (QED) is 0.601. The lowest BCUT2D eigenvalue weighted by molar-refractivity contribution is 0.588. The molecule has 3 rings (SSSR count). The maximum Gasteiger partial charge on any atom is 0.178 e. The standard InChI is InChI=1S/C15H11BrO/c1-10-7-8-12-13(9-10)17-15(16)14(12)11-5-3-2-4-6-11/h2-9H,1H3. The summed E-state index contributed by atoms with van der Waals surface area (Å²) in [5.41, 5.74) is 4.43. The molecule has 0 saturated heterocycles. The third-order valence-electron chi connectivity index (χ3n) is 2.87. The van der Waals surface area contributed by atoms with Crippen molar-refractivity contribution in [3.05, 3.63) is 58.8 Å². The van der Waals surface area contributed by atoms with Crippen molar-refractivity contribution in [1.29, 1.82) is 0 Å². The third-order valence-corrected chi connectivity index (χ3v) is 3.42. The molecule has 0 saturated carbocycles. The SMILES string of the molecule is Cc1ccc2c(-c3ccccc3)c(Br)oc2c1. The van der Waals surface area contributed by atoms with E-state index in [2.05, 4.69) is 53.2 Å². The highest BCUT2D eigenvalue weighted by molar-refractivity contribution is 9.10. The molecule has 0 N–H and O–H groups in total. The summed E-state index contributed by atoms with van der Waals surface area (Å²) in [6, 6.07) is 16.6. The summed E-state index contributed by atoms with van der Waals surface area (Å²) in [4.78, 5) is 0. The van der Waals surface area contributed by atoms with Crippen LogP contribution in [0.1, 0.15) is 5.56 Å². The molecule has 0 fully saturated rings. The molecule has 0 spiro atoms. The molecule has 1 nitrogen and oxygen atoms in total. The van der Waals surface area contributed by atoms with E-state index in [1.807, 2.05) is 18.2 Å². The van der Waals surface area contributed by atoms with Gasteiger partial charge < -0.3 is 4.42 Å². The molecule has 17 heavy (non-hydrogen) atoms. The van der Waals surface area contributed by atoms with Crippen molar-refractivity contribution >= 4 is 26.9 Å². The third kappa shape index (κ3) is 1.79. The largest absolute Gasteiger partial charge is 0.449 e. The molecule has 0 aliphatic heterocycles. The van der Waals surface area contributed by atoms with Crippen LogP contribution >= 0.6 is 15.9 Å². The van der Waals surface area contributed by atoms with Gasteiger partial charge in [0.15, 0.2) is 4.67 Å². The Kier molecular flexibility index (Phi) is 2.52. The van der Waals surface area contributed by atoms with Crippen LogP contribution in [-0.2, 0) is 0 Å². The maximum atomic E-state index is 5.75. The zero-order chi connectivity index (χ0) is 11.8. The van der Waals surface area contributed by atoms with Crippen LogP contribution in [0.2, 0.25) is 0 Å². The second-order valence-electron chi connectivity index (χ2n) is 4.12. The molecule has 1 heterocycles. The molecule has 0 unspecified atom stereocenters. The average Bonchev–Trinajstić information content (AvgIpc) is 2.65. The normalized spacial score (nSPS) is 10.9. The molecule has 3 aromatic rings. The summed E-state index contributed by atoms with van der Waals surface area (Å²) < 4.78 is 6.55. The number of halogens is 1. The molecule has 0 aliphatic rings. The zero-order valence-electron chi connectivity index (χ0n) is 9.41. The van der Waals surface area contributed by atoms with E-state index in [4.69, 9.17) is 4.42 Å². The van der Waals surface area contributed by atoms with E-state index in [-0.39, 0.29) is 0 Å². The van der Waals surface area contributed by atoms with Gasteiger partial charge in [-0.1, -0.05) is 42.5 Å². The highest BCUT2D eigenvalue weighted by Gasteiger charge is 2.13. The minimum Gasteiger partial charge on any atom is -0.449 e. The topological polar surface area (TPSA) is 13.1 Å². The number of hydrogen-bond donors (Lipinski definition) is 0. The molecule has 0 amide bonds. The van der Waals surface area contributed by atoms with Crippen molar-refractivity contribution in [3.63, 3.8) is 0 Å². The van der Waals surface area contributed by atoms with Gasteiger partial charge in [-0.25, -0.2) is 0 Å². The smallest absolute Gasteiger partial charge is 0.178 e. The summed E-state index contributed by atoms with van der Waals surface area (Å²) in [5.74, 6) is 0. The molecule has 0 aliphatic carbocycles. The molecular formula is C15H11BrO. The van der Waals surface area contributed by atoms with Gasteiger partial charge in [0, 0.05) is 10.9 Å². The van der Waals surface area contributed by atoms with Gasteiger partial charge in [-0.2, -0.15) is 0 Å². The minimum absolute atomic E-state index is 0.796. The van der Waals surface area contributed by atoms with Crippen LogP contribution in [0.5, 0.6) is 0 Å². The lowest BCUT2D eigenvalue weighted by atomic mass is 10.0. The Bertz CT molecular complexity index is 668. The molecule has 1 aromatic heterocycles. The Labute approximate surface area is 108 Å². The first-order valence-corrected chi connectivity index (χ1v) is 6.29. The highest BCUT2D eigenvalue weighted by Crippen LogP contribution is 2.38. The summed E-state index contributed by atoms with van der Waals surface area (Å²) in [6.07, 6.45) is 0. The van der Waals surface area contributed by atoms with E-state index < -0.39 is 0 Å². The van der Waals surface area contributed by atoms with E-state index in [0.29, 0.717) is 0 Å². The Morgan fingerprint density at radius 3 is 2.53 bits per heavy atom. The molecule has 84 valence electrons. The Morgan fingerprint density at radius 1 is 1.00 bits per heavy atom. The number of benzene rings is 2. The van der Waals surface area contributed by atoms with Crippen LogP contribution in [0.4, 0.5) is 0 Å². The van der Waals surface area contributed by atoms with Crippen molar-refractivity contribution < 1.29 is 4.42 Å². The van der Waals surface area contributed by atoms with Gasteiger partial charge in [0.1, 0.15) is 5.58 Å². The van der Waals surface area contributed by atoms with Crippen LogP contribution in [0, 0.1) is 6.92 Å². The first kappa shape index (κ1) is 10.6. The molecule has 0 bridgehead atoms. The van der Waals surface area contributed by atoms with Gasteiger partial charge in [-0.3, -0.25) is 0 Å². The van der Waals surface area contributed by atoms with Crippen molar-refractivity contribution in [2.24, 2.45) is 0 Å². The van der Waals surface area contributed by atoms with Crippen LogP contribution in [-0.4, -0.2) is 0 Å². The maximum absolute atomic E-state index is 5.75. The fourth-order valence-electron chi connectivity index (χ4n) is 2.05. The second-order valence-corrected chi connectivity index (χ2v) is 4.84. The summed E-state index contributed by atoms with van der Waals surface area (Å²) in [6.45, 7) is 2.07. The minimum atomic E-state index is 0.796. The van der Waals surface area contributed by atoms with Crippen LogP contribution < -0.4 is 0 Å². The predicted molar refractivity (Wildman–Crippen MR) is 74.1 cm³/mol. The number of fused-ring (bicyclic) bond motifs is 1. The number of furan rings is 1. The van der Waals surface area contributed by atoms with Crippen molar-refractivity contribution in [2.75, 3.05) is 0 Å². The van der Waals surface area contributed by atoms with E-state index in [0.717, 1.165) is 21.2 Å². The van der Waals surface area contributed by atoms with Crippen LogP contribution in [0.3, 0.4) is 0 Å². The van der Waals surface area contributed by atoms with Gasteiger partial charge >= 0.3 is 0 Å². The van der Waals surface area contributed by atoms with Gasteiger partial charge in [-0.15, -0.1) is 0 Å². The van der Waals surface area contributed by atoms with E-state index in [1.54, 1.807) is 0 Å². The first-order chi connectivity index (χ1) is 8.25. The van der Waals surface area contributed by atoms with Crippen LogP contribution in [0.25, 0.3) is 22.1 Å². The van der Waals surface area contributed by atoms with Gasteiger partial charge in [0.05, 0.1) is 0 Å². The Balaban J connectivity index is 2.33. The zero-order valence-corrected chi connectivity index (χ0v) is 11.0. The first-order valence-electron chi connectivity index (χ1n) is 5.50. The van der Waals surface area contributed by atoms with Crippen molar-refractivity contribution in [1.82, 2.24) is 0 Å². The van der Waals surface area contributed by atoms with Gasteiger partial charge in [0.2, 0.25) is 0 Å². The van der Waals surface area contributed by atoms with E-state index >= 15 is 0 Å². The fraction of sp³-hybridized carbons (Fsp3) is 0.0667. The van der Waals surface area contributed by atoms with E-state index in [1.165, 1.54) is 11.1 Å². The molecule has 0 radical (unpaired) electrons. The Morgan fingerprint density at radius 2 is 1.76 bits per heavy atom. The number of aryl methyl sites for hydroxylation is 1. The average molecular weight is 287 g/mol. The Hall–Kier alpha value is -1.54.